The summed E-state index contributed by atoms with van der Waals surface area (Å²) >= 11 is 0. The third kappa shape index (κ3) is 36.9. The van der Waals surface area contributed by atoms with E-state index in [-0.39, 0.29) is 18.9 Å². The Labute approximate surface area is 497 Å². The predicted octanol–water partition coefficient (Wildman–Crippen LogP) is 12.4. The summed E-state index contributed by atoms with van der Waals surface area (Å²) in [5.74, 6) is -0.242. The van der Waals surface area contributed by atoms with Crippen molar-refractivity contribution in [1.29, 1.82) is 0 Å². The van der Waals surface area contributed by atoms with Crippen LogP contribution in [0.5, 0.6) is 0 Å². The molecule has 1 amide bonds. The van der Waals surface area contributed by atoms with Crippen LogP contribution in [0.3, 0.4) is 0 Å². The van der Waals surface area contributed by atoms with Crippen molar-refractivity contribution in [3.8, 4) is 0 Å². The summed E-state index contributed by atoms with van der Waals surface area (Å²) in [5, 5.41) is 87.2. The van der Waals surface area contributed by atoms with Crippen molar-refractivity contribution in [2.24, 2.45) is 0 Å². The first-order valence-electron chi connectivity index (χ1n) is 32.8. The number of rotatable bonds is 52. The molecule has 0 aromatic carbocycles. The van der Waals surface area contributed by atoms with Gasteiger partial charge in [-0.25, -0.2) is 0 Å². The molecule has 2 fully saturated rings. The molecule has 14 heteroatoms. The van der Waals surface area contributed by atoms with Gasteiger partial charge in [-0.05, 0) is 70.6 Å². The van der Waals surface area contributed by atoms with Gasteiger partial charge in [-0.15, -0.1) is 0 Å². The highest BCUT2D eigenvalue weighted by Crippen LogP contribution is 2.30. The van der Waals surface area contributed by atoms with E-state index in [9.17, 15) is 45.6 Å². The zero-order chi connectivity index (χ0) is 59.5. The fourth-order valence-electron chi connectivity index (χ4n) is 10.4. The Morgan fingerprint density at radius 2 is 0.841 bits per heavy atom. The van der Waals surface area contributed by atoms with Crippen LogP contribution >= 0.6 is 0 Å². The lowest BCUT2D eigenvalue weighted by molar-refractivity contribution is -0.359. The number of hydrogen-bond acceptors (Lipinski definition) is 13. The van der Waals surface area contributed by atoms with Crippen LogP contribution < -0.4 is 5.32 Å². The van der Waals surface area contributed by atoms with Crippen molar-refractivity contribution in [3.05, 3.63) is 85.1 Å². The molecule has 2 aliphatic heterocycles. The van der Waals surface area contributed by atoms with Gasteiger partial charge < -0.3 is 65.1 Å². The Hall–Kier alpha value is -2.83. The highest BCUT2D eigenvalue weighted by molar-refractivity contribution is 5.76. The maximum atomic E-state index is 13.3. The van der Waals surface area contributed by atoms with Crippen LogP contribution in [0.25, 0.3) is 0 Å². The molecule has 0 spiro atoms. The van der Waals surface area contributed by atoms with Crippen LogP contribution in [0.4, 0.5) is 0 Å². The lowest BCUT2D eigenvalue weighted by atomic mass is 9.97. The van der Waals surface area contributed by atoms with Crippen LogP contribution in [0.1, 0.15) is 245 Å². The number of ether oxygens (including phenoxy) is 4. The van der Waals surface area contributed by atoms with Gasteiger partial charge in [0.25, 0.3) is 0 Å². The van der Waals surface area contributed by atoms with Crippen LogP contribution in [-0.4, -0.2) is 140 Å². The summed E-state index contributed by atoms with van der Waals surface area (Å²) in [6, 6.07) is -0.918. The van der Waals surface area contributed by atoms with E-state index in [1.807, 2.05) is 6.08 Å². The number of carbonyl (C=O) groups excluding carboxylic acids is 1. The fraction of sp³-hybridized carbons (Fsp3) is 0.779. The van der Waals surface area contributed by atoms with Crippen molar-refractivity contribution in [2.75, 3.05) is 19.8 Å². The SMILES string of the molecule is CC/C=C\C/C=C\C/C=C\C/C=C\C/C=C\C/C=C\CCCCCCCCCCCCCCCCC(=O)NC(COC1OC(CO)C(OC2OC(CO)C(O)C(O)C2O)C(O)C1O)C(O)/C=C/CCCCCCCCCCCCCCC. The zero-order valence-electron chi connectivity index (χ0n) is 51.2. The minimum absolute atomic E-state index is 0.242. The Bertz CT molecular complexity index is 1700. The fourth-order valence-corrected chi connectivity index (χ4v) is 10.4. The van der Waals surface area contributed by atoms with E-state index in [1.54, 1.807) is 6.08 Å². The van der Waals surface area contributed by atoms with Gasteiger partial charge in [0.15, 0.2) is 12.6 Å². The molecular formula is C68H119NO13. The molecule has 12 unspecified atom stereocenters. The number of nitrogens with one attached hydrogen (secondary N) is 1. The topological polar surface area (TPSA) is 228 Å². The van der Waals surface area contributed by atoms with Crippen molar-refractivity contribution in [1.82, 2.24) is 5.32 Å². The van der Waals surface area contributed by atoms with Crippen LogP contribution in [-0.2, 0) is 23.7 Å². The number of unbranched alkanes of at least 4 members (excludes halogenated alkanes) is 27. The molecule has 0 radical (unpaired) electrons. The average molecular weight is 1160 g/mol. The Kier molecular flexibility index (Phi) is 48.2. The van der Waals surface area contributed by atoms with Gasteiger partial charge >= 0.3 is 0 Å². The molecule has 2 rings (SSSR count). The normalized spacial score (nSPS) is 24.5. The number of aliphatic hydroxyl groups is 8. The van der Waals surface area contributed by atoms with Gasteiger partial charge in [0, 0.05) is 6.42 Å². The van der Waals surface area contributed by atoms with E-state index in [1.165, 1.54) is 141 Å². The highest BCUT2D eigenvalue weighted by Gasteiger charge is 2.51. The van der Waals surface area contributed by atoms with Crippen LogP contribution in [0.2, 0.25) is 0 Å². The summed E-state index contributed by atoms with van der Waals surface area (Å²) < 4.78 is 22.8. The van der Waals surface area contributed by atoms with Crippen molar-refractivity contribution >= 4 is 5.91 Å². The van der Waals surface area contributed by atoms with Gasteiger partial charge in [0.05, 0.1) is 32.0 Å². The largest absolute Gasteiger partial charge is 0.394 e. The molecule has 9 N–H and O–H groups in total. The minimum Gasteiger partial charge on any atom is -0.394 e. The van der Waals surface area contributed by atoms with E-state index in [0.717, 1.165) is 77.0 Å². The second-order valence-corrected chi connectivity index (χ2v) is 22.9. The van der Waals surface area contributed by atoms with Gasteiger partial charge in [0.1, 0.15) is 48.8 Å². The second kappa shape index (κ2) is 52.5. The zero-order valence-corrected chi connectivity index (χ0v) is 51.2. The summed E-state index contributed by atoms with van der Waals surface area (Å²) in [4.78, 5) is 13.3. The second-order valence-electron chi connectivity index (χ2n) is 22.9. The molecule has 0 aromatic heterocycles. The van der Waals surface area contributed by atoms with E-state index in [2.05, 4.69) is 92.1 Å². The number of allylic oxidation sites excluding steroid dienone is 13. The predicted molar refractivity (Wildman–Crippen MR) is 332 cm³/mol. The molecule has 82 heavy (non-hydrogen) atoms. The molecule has 2 heterocycles. The first-order chi connectivity index (χ1) is 40.1. The first-order valence-corrected chi connectivity index (χ1v) is 32.8. The molecule has 0 saturated carbocycles. The van der Waals surface area contributed by atoms with E-state index < -0.39 is 86.8 Å². The lowest BCUT2D eigenvalue weighted by Crippen LogP contribution is -2.65. The number of aliphatic hydroxyl groups excluding tert-OH is 8. The van der Waals surface area contributed by atoms with E-state index in [4.69, 9.17) is 18.9 Å². The number of hydrogen-bond donors (Lipinski definition) is 9. The molecule has 0 bridgehead atoms. The van der Waals surface area contributed by atoms with Crippen LogP contribution in [0, 0.1) is 0 Å². The third-order valence-corrected chi connectivity index (χ3v) is 15.6. The summed E-state index contributed by atoms with van der Waals surface area (Å²) in [6.45, 7) is 2.69. The monoisotopic (exact) mass is 1160 g/mol. The maximum Gasteiger partial charge on any atom is 0.220 e. The quantitative estimate of drug-likeness (QED) is 0.0204. The molecular weight excluding hydrogens is 1040 g/mol. The first kappa shape index (κ1) is 75.3. The lowest BCUT2D eigenvalue weighted by Gasteiger charge is -2.46. The molecule has 12 atom stereocenters. The smallest absolute Gasteiger partial charge is 0.220 e. The number of amides is 1. The molecule has 2 aliphatic rings. The molecule has 474 valence electrons. The third-order valence-electron chi connectivity index (χ3n) is 15.6. The number of carbonyl (C=O) groups is 1. The van der Waals surface area contributed by atoms with E-state index >= 15 is 0 Å². The highest BCUT2D eigenvalue weighted by atomic mass is 16.7. The minimum atomic E-state index is -1.79. The maximum absolute atomic E-state index is 13.3. The average Bonchev–Trinajstić information content (AvgIpc) is 3.60. The van der Waals surface area contributed by atoms with Crippen LogP contribution in [0.15, 0.2) is 85.1 Å². The molecule has 0 aliphatic carbocycles. The molecule has 0 aromatic rings. The molecule has 2 saturated heterocycles. The van der Waals surface area contributed by atoms with Gasteiger partial charge in [0.2, 0.25) is 5.91 Å². The van der Waals surface area contributed by atoms with Gasteiger partial charge in [-0.2, -0.15) is 0 Å². The standard InChI is InChI=1S/C68H119NO13/c1-3-5-7-9-11-13-15-17-19-20-21-22-23-24-25-26-27-28-29-30-31-32-33-34-35-36-38-40-42-44-46-48-50-52-60(73)69-56(57(72)51-49-47-45-43-41-39-37-18-16-14-12-10-8-6-4-2)55-79-67-65(78)63(76)66(59(54-71)81-67)82-68-64(77)62(75)61(74)58(53-70)80-68/h5,7,11,13,17,19,21-22,24-25,27-28,49,51,56-59,61-68,70-72,74-78H,3-4,6,8-10,12,14-16,18,20,23,26,29-48,50,52-55H2,1-2H3,(H,69,73)/b7-5-,13-11-,19-17-,22-21-,25-24-,28-27-,51-49+. The van der Waals surface area contributed by atoms with Crippen molar-refractivity contribution < 1.29 is 64.6 Å². The Morgan fingerprint density at radius 1 is 0.451 bits per heavy atom. The van der Waals surface area contributed by atoms with Gasteiger partial charge in [-0.3, -0.25) is 4.79 Å². The summed E-state index contributed by atoms with van der Waals surface area (Å²) in [6.07, 6.45) is 54.8. The van der Waals surface area contributed by atoms with E-state index in [0.29, 0.717) is 6.42 Å². The van der Waals surface area contributed by atoms with Crippen molar-refractivity contribution in [2.45, 2.75) is 319 Å². The summed E-state index contributed by atoms with van der Waals surface area (Å²) in [7, 11) is 0. The summed E-state index contributed by atoms with van der Waals surface area (Å²) in [5.41, 5.74) is 0. The Balaban J connectivity index is 1.66. The van der Waals surface area contributed by atoms with Crippen molar-refractivity contribution in [3.63, 3.8) is 0 Å². The van der Waals surface area contributed by atoms with Gasteiger partial charge in [-0.1, -0.05) is 253 Å². The Morgan fingerprint density at radius 3 is 1.29 bits per heavy atom. The molecule has 14 nitrogen and oxygen atoms in total.